The molecule has 2 amide bonds. The van der Waals surface area contributed by atoms with E-state index >= 15 is 0 Å². The van der Waals surface area contributed by atoms with E-state index < -0.39 is 6.43 Å². The predicted molar refractivity (Wildman–Crippen MR) is 116 cm³/mol. The van der Waals surface area contributed by atoms with Gasteiger partial charge in [0.05, 0.1) is 13.2 Å². The maximum absolute atomic E-state index is 13.3. The number of benzene rings is 1. The second kappa shape index (κ2) is 9.31. The van der Waals surface area contributed by atoms with E-state index in [2.05, 4.69) is 18.7 Å². The van der Waals surface area contributed by atoms with Gasteiger partial charge in [-0.05, 0) is 49.3 Å². The molecule has 4 rings (SSSR count). The van der Waals surface area contributed by atoms with Gasteiger partial charge in [0.25, 0.3) is 6.43 Å². The van der Waals surface area contributed by atoms with E-state index in [-0.39, 0.29) is 24.0 Å². The van der Waals surface area contributed by atoms with Crippen LogP contribution in [-0.4, -0.2) is 72.5 Å². The van der Waals surface area contributed by atoms with Gasteiger partial charge in [0.2, 0.25) is 0 Å². The van der Waals surface area contributed by atoms with Crippen molar-refractivity contribution in [2.75, 3.05) is 39.3 Å². The molecule has 0 aromatic heterocycles. The Morgan fingerprint density at radius 1 is 1.10 bits per heavy atom. The van der Waals surface area contributed by atoms with Crippen LogP contribution < -0.4 is 4.74 Å². The van der Waals surface area contributed by atoms with Gasteiger partial charge in [-0.3, -0.25) is 4.90 Å². The number of carbonyl (C=O) groups is 1. The van der Waals surface area contributed by atoms with Gasteiger partial charge < -0.3 is 14.5 Å². The van der Waals surface area contributed by atoms with Crippen molar-refractivity contribution in [3.05, 3.63) is 29.8 Å². The van der Waals surface area contributed by atoms with Gasteiger partial charge in [-0.2, -0.15) is 0 Å². The van der Waals surface area contributed by atoms with Crippen molar-refractivity contribution in [1.29, 1.82) is 0 Å². The number of carbonyl (C=O) groups excluding carboxylic acids is 1. The molecule has 1 aromatic carbocycles. The van der Waals surface area contributed by atoms with Crippen LogP contribution in [0.5, 0.6) is 5.75 Å². The molecule has 1 aliphatic carbocycles. The molecule has 1 spiro atoms. The highest BCUT2D eigenvalue weighted by Gasteiger charge is 2.52. The van der Waals surface area contributed by atoms with Gasteiger partial charge in [0.15, 0.2) is 0 Å². The summed E-state index contributed by atoms with van der Waals surface area (Å²) in [4.78, 5) is 19.2. The van der Waals surface area contributed by atoms with Crippen molar-refractivity contribution >= 4 is 6.03 Å². The van der Waals surface area contributed by atoms with E-state index in [0.717, 1.165) is 37.2 Å². The monoisotopic (exact) mass is 435 g/mol. The van der Waals surface area contributed by atoms with E-state index in [4.69, 9.17) is 4.74 Å². The molecule has 1 aromatic rings. The van der Waals surface area contributed by atoms with Gasteiger partial charge in [0.1, 0.15) is 5.75 Å². The van der Waals surface area contributed by atoms with E-state index in [0.29, 0.717) is 32.2 Å². The van der Waals surface area contributed by atoms with E-state index in [9.17, 15) is 13.6 Å². The number of urea groups is 1. The standard InChI is InChI=1S/C24H35F2N3O2/c1-18(2)15-31-21-5-3-19(4-6-21)13-28-16-24(9-10-24)17-29(23(28)30)20-7-11-27(12-8-20)14-22(25)26/h3-6,18,20,22H,7-17H2,1-2H3. The smallest absolute Gasteiger partial charge is 0.320 e. The highest BCUT2D eigenvalue weighted by molar-refractivity contribution is 5.76. The number of hydrogen-bond acceptors (Lipinski definition) is 3. The first kappa shape index (κ1) is 22.3. The quantitative estimate of drug-likeness (QED) is 0.605. The summed E-state index contributed by atoms with van der Waals surface area (Å²) in [6.45, 7) is 8.31. The molecular weight excluding hydrogens is 400 g/mol. The first-order valence-electron chi connectivity index (χ1n) is 11.6. The van der Waals surface area contributed by atoms with Crippen LogP contribution in [0.1, 0.15) is 45.1 Å². The Morgan fingerprint density at radius 3 is 2.35 bits per heavy atom. The summed E-state index contributed by atoms with van der Waals surface area (Å²) in [5.74, 6) is 1.34. The summed E-state index contributed by atoms with van der Waals surface area (Å²) in [5.41, 5.74) is 1.34. The summed E-state index contributed by atoms with van der Waals surface area (Å²) >= 11 is 0. The Balaban J connectivity index is 1.37. The van der Waals surface area contributed by atoms with Crippen molar-refractivity contribution < 1.29 is 18.3 Å². The summed E-state index contributed by atoms with van der Waals surface area (Å²) in [5, 5.41) is 0. The molecular formula is C24H35F2N3O2. The SMILES string of the molecule is CC(C)COc1ccc(CN2CC3(CC3)CN(C3CCN(CC(F)F)CC3)C2=O)cc1. The molecule has 0 unspecified atom stereocenters. The number of piperidine rings is 1. The third kappa shape index (κ3) is 5.68. The van der Waals surface area contributed by atoms with Crippen LogP contribution in [0, 0.1) is 11.3 Å². The zero-order valence-electron chi connectivity index (χ0n) is 18.7. The molecule has 3 fully saturated rings. The van der Waals surface area contributed by atoms with Crippen molar-refractivity contribution in [1.82, 2.24) is 14.7 Å². The summed E-state index contributed by atoms with van der Waals surface area (Å²) in [6, 6.07) is 8.32. The average Bonchev–Trinajstić information content (AvgIpc) is 3.49. The Bertz CT molecular complexity index is 744. The van der Waals surface area contributed by atoms with Gasteiger partial charge in [-0.1, -0.05) is 26.0 Å². The van der Waals surface area contributed by atoms with Crippen LogP contribution in [0.15, 0.2) is 24.3 Å². The lowest BCUT2D eigenvalue weighted by atomic mass is 9.97. The van der Waals surface area contributed by atoms with Crippen molar-refractivity contribution in [3.63, 3.8) is 0 Å². The number of ether oxygens (including phenoxy) is 1. The van der Waals surface area contributed by atoms with E-state index in [1.165, 1.54) is 12.8 Å². The fraction of sp³-hybridized carbons (Fsp3) is 0.708. The van der Waals surface area contributed by atoms with Gasteiger partial charge in [-0.25, -0.2) is 13.6 Å². The van der Waals surface area contributed by atoms with Crippen LogP contribution in [0.4, 0.5) is 13.6 Å². The molecule has 172 valence electrons. The van der Waals surface area contributed by atoms with Crippen LogP contribution in [0.2, 0.25) is 0 Å². The lowest BCUT2D eigenvalue weighted by molar-refractivity contribution is 0.0324. The molecule has 7 heteroatoms. The molecule has 0 atom stereocenters. The number of nitrogens with zero attached hydrogens (tertiary/aromatic N) is 3. The molecule has 5 nitrogen and oxygen atoms in total. The number of rotatable bonds is 8. The Hall–Kier alpha value is -1.89. The Kier molecular flexibility index (Phi) is 6.70. The largest absolute Gasteiger partial charge is 0.493 e. The van der Waals surface area contributed by atoms with Crippen molar-refractivity contribution in [2.45, 2.75) is 58.5 Å². The number of amides is 2. The van der Waals surface area contributed by atoms with E-state index in [1.807, 2.05) is 34.1 Å². The summed E-state index contributed by atoms with van der Waals surface area (Å²) in [6.07, 6.45) is 1.61. The molecule has 2 heterocycles. The van der Waals surface area contributed by atoms with Gasteiger partial charge >= 0.3 is 6.03 Å². The molecule has 0 radical (unpaired) electrons. The van der Waals surface area contributed by atoms with E-state index in [1.54, 1.807) is 0 Å². The number of hydrogen-bond donors (Lipinski definition) is 0. The summed E-state index contributed by atoms with van der Waals surface area (Å²) < 4.78 is 31.1. The van der Waals surface area contributed by atoms with Crippen LogP contribution in [-0.2, 0) is 6.54 Å². The minimum absolute atomic E-state index is 0.102. The number of halogens is 2. The van der Waals surface area contributed by atoms with Crippen LogP contribution in [0.25, 0.3) is 0 Å². The van der Waals surface area contributed by atoms with Gasteiger partial charge in [-0.15, -0.1) is 0 Å². The predicted octanol–water partition coefficient (Wildman–Crippen LogP) is 4.47. The Labute approximate surface area is 184 Å². The second-order valence-electron chi connectivity index (χ2n) is 10.0. The lowest BCUT2D eigenvalue weighted by Crippen LogP contribution is -2.59. The molecule has 0 bridgehead atoms. The van der Waals surface area contributed by atoms with Crippen molar-refractivity contribution in [2.24, 2.45) is 11.3 Å². The third-order valence-electron chi connectivity index (χ3n) is 6.78. The van der Waals surface area contributed by atoms with Crippen LogP contribution in [0.3, 0.4) is 0 Å². The van der Waals surface area contributed by atoms with Crippen LogP contribution >= 0.6 is 0 Å². The van der Waals surface area contributed by atoms with Crippen molar-refractivity contribution in [3.8, 4) is 5.75 Å². The molecule has 31 heavy (non-hydrogen) atoms. The highest BCUT2D eigenvalue weighted by Crippen LogP contribution is 2.50. The molecule has 3 aliphatic rings. The zero-order valence-corrected chi connectivity index (χ0v) is 18.7. The first-order chi connectivity index (χ1) is 14.8. The average molecular weight is 436 g/mol. The highest BCUT2D eigenvalue weighted by atomic mass is 19.3. The minimum atomic E-state index is -2.29. The Morgan fingerprint density at radius 2 is 1.77 bits per heavy atom. The summed E-state index contributed by atoms with van der Waals surface area (Å²) in [7, 11) is 0. The molecule has 1 saturated carbocycles. The number of likely N-dealkylation sites (tertiary alicyclic amines) is 1. The zero-order chi connectivity index (χ0) is 22.0. The maximum atomic E-state index is 13.3. The second-order valence-corrected chi connectivity index (χ2v) is 10.0. The van der Waals surface area contributed by atoms with Gasteiger partial charge in [0, 0.05) is 44.2 Å². The number of alkyl halides is 2. The minimum Gasteiger partial charge on any atom is -0.493 e. The molecule has 2 saturated heterocycles. The normalized spacial score (nSPS) is 22.1. The topological polar surface area (TPSA) is 36.0 Å². The third-order valence-corrected chi connectivity index (χ3v) is 6.78. The molecule has 2 aliphatic heterocycles. The maximum Gasteiger partial charge on any atom is 0.320 e. The fourth-order valence-electron chi connectivity index (χ4n) is 4.82. The fourth-order valence-corrected chi connectivity index (χ4v) is 4.82. The molecule has 0 N–H and O–H groups in total. The first-order valence-corrected chi connectivity index (χ1v) is 11.6. The lowest BCUT2D eigenvalue weighted by Gasteiger charge is -2.46.